The third-order valence-electron chi connectivity index (χ3n) is 4.16. The van der Waals surface area contributed by atoms with E-state index < -0.39 is 0 Å². The Balaban J connectivity index is 0. The summed E-state index contributed by atoms with van der Waals surface area (Å²) in [7, 11) is 1.65. The second-order valence-electron chi connectivity index (χ2n) is 6.70. The molecular weight excluding hydrogens is 374 g/mol. The second kappa shape index (κ2) is 21.6. The average Bonchev–Trinajstić information content (AvgIpc) is 2.75. The smallest absolute Gasteiger partial charge is 0.121 e. The van der Waals surface area contributed by atoms with Gasteiger partial charge in [0, 0.05) is 25.1 Å². The first kappa shape index (κ1) is 30.1. The normalized spacial score (nSPS) is 12.2. The monoisotopic (exact) mass is 419 g/mol. The molecule has 5 nitrogen and oxygen atoms in total. The maximum Gasteiger partial charge on any atom is 0.121 e. The molecule has 1 aromatic carbocycles. The van der Waals surface area contributed by atoms with Gasteiger partial charge in [0.25, 0.3) is 0 Å². The van der Waals surface area contributed by atoms with E-state index in [1.165, 1.54) is 18.4 Å². The quantitative estimate of drug-likeness (QED) is 0.196. The van der Waals surface area contributed by atoms with Crippen molar-refractivity contribution in [1.82, 2.24) is 0 Å². The molecule has 1 aromatic rings. The molecule has 0 saturated carbocycles. The Morgan fingerprint density at radius 3 is 2.53 bits per heavy atom. The molecular formula is C25H45N3O2. The third kappa shape index (κ3) is 15.8. The molecule has 0 spiro atoms. The van der Waals surface area contributed by atoms with E-state index in [0.717, 1.165) is 30.0 Å². The number of nitrogens with two attached hydrogens (primary N) is 2. The summed E-state index contributed by atoms with van der Waals surface area (Å²) in [6, 6.07) is 5.58. The van der Waals surface area contributed by atoms with Gasteiger partial charge in [0.1, 0.15) is 5.75 Å². The number of hydrogen-bond acceptors (Lipinski definition) is 5. The van der Waals surface area contributed by atoms with Gasteiger partial charge in [-0.3, -0.25) is 4.99 Å². The first-order chi connectivity index (χ1) is 14.5. The number of aliphatic hydroxyl groups excluding tert-OH is 1. The van der Waals surface area contributed by atoms with Crippen molar-refractivity contribution in [2.45, 2.75) is 60.3 Å². The molecule has 0 aliphatic heterocycles. The first-order valence-electron chi connectivity index (χ1n) is 11.1. The van der Waals surface area contributed by atoms with E-state index in [4.69, 9.17) is 21.3 Å². The van der Waals surface area contributed by atoms with Crippen molar-refractivity contribution < 1.29 is 9.84 Å². The number of allylic oxidation sites excluding steroid dienone is 3. The predicted octanol–water partition coefficient (Wildman–Crippen LogP) is 5.32. The molecule has 0 aliphatic rings. The van der Waals surface area contributed by atoms with Gasteiger partial charge in [-0.25, -0.2) is 0 Å². The van der Waals surface area contributed by atoms with Gasteiger partial charge in [-0.05, 0) is 68.0 Å². The van der Waals surface area contributed by atoms with Crippen LogP contribution in [0.3, 0.4) is 0 Å². The molecule has 1 unspecified atom stereocenters. The van der Waals surface area contributed by atoms with E-state index in [-0.39, 0.29) is 6.61 Å². The van der Waals surface area contributed by atoms with Crippen LogP contribution in [0.1, 0.15) is 58.9 Å². The van der Waals surface area contributed by atoms with E-state index in [2.05, 4.69) is 24.9 Å². The standard InChI is InChI=1S/C15H28N2O.C8H11NO.C2H6/c1-3-8-14(2)15(9-5-4-6-12-18)13-17-11-7-10-16;1-6-5-7(9)3-4-8(6)10-2;1-2/h4-5,9,13-14,18H,3,6-8,10-12,16H2,1-2H3;3-5H,9H2,1-2H3;1-2H3/b5-4-,15-9-,17-13?;;. The molecule has 0 saturated heterocycles. The van der Waals surface area contributed by atoms with Crippen molar-refractivity contribution in [2.24, 2.45) is 16.6 Å². The van der Waals surface area contributed by atoms with E-state index in [1.807, 2.05) is 57.3 Å². The number of methoxy groups -OCH3 is 1. The zero-order valence-electron chi connectivity index (χ0n) is 20.0. The third-order valence-corrected chi connectivity index (χ3v) is 4.16. The molecule has 0 amide bonds. The average molecular weight is 420 g/mol. The van der Waals surface area contributed by atoms with Crippen LogP contribution in [0.5, 0.6) is 5.75 Å². The summed E-state index contributed by atoms with van der Waals surface area (Å²) in [4.78, 5) is 4.41. The molecule has 1 atom stereocenters. The number of aliphatic imine (C=N–C) groups is 1. The topological polar surface area (TPSA) is 93.9 Å². The lowest BCUT2D eigenvalue weighted by molar-refractivity contribution is 0.302. The van der Waals surface area contributed by atoms with Gasteiger partial charge in [0.15, 0.2) is 0 Å². The van der Waals surface area contributed by atoms with Gasteiger partial charge < -0.3 is 21.3 Å². The summed E-state index contributed by atoms with van der Waals surface area (Å²) in [5, 5.41) is 8.72. The molecule has 172 valence electrons. The minimum atomic E-state index is 0.203. The molecule has 0 aliphatic carbocycles. The number of rotatable bonds is 11. The Labute approximate surface area is 184 Å². The molecule has 0 aromatic heterocycles. The van der Waals surface area contributed by atoms with Crippen LogP contribution < -0.4 is 16.2 Å². The number of aryl methyl sites for hydroxylation is 1. The summed E-state index contributed by atoms with van der Waals surface area (Å²) >= 11 is 0. The Morgan fingerprint density at radius 1 is 1.30 bits per heavy atom. The van der Waals surface area contributed by atoms with Crippen LogP contribution in [0.25, 0.3) is 0 Å². The molecule has 0 radical (unpaired) electrons. The summed E-state index contributed by atoms with van der Waals surface area (Å²) in [6.45, 7) is 12.1. The highest BCUT2D eigenvalue weighted by Crippen LogP contribution is 2.19. The lowest BCUT2D eigenvalue weighted by Crippen LogP contribution is -2.03. The van der Waals surface area contributed by atoms with Crippen LogP contribution in [-0.4, -0.2) is 38.1 Å². The number of anilines is 1. The number of benzene rings is 1. The molecule has 5 heteroatoms. The van der Waals surface area contributed by atoms with Crippen LogP contribution >= 0.6 is 0 Å². The van der Waals surface area contributed by atoms with Crippen LogP contribution in [0.15, 0.2) is 47.0 Å². The zero-order chi connectivity index (χ0) is 23.2. The van der Waals surface area contributed by atoms with Crippen molar-refractivity contribution >= 4 is 11.9 Å². The Kier molecular flexibility index (Phi) is 21.7. The van der Waals surface area contributed by atoms with Gasteiger partial charge in [-0.1, -0.05) is 52.3 Å². The van der Waals surface area contributed by atoms with Crippen LogP contribution in [0.2, 0.25) is 0 Å². The fourth-order valence-corrected chi connectivity index (χ4v) is 2.54. The highest BCUT2D eigenvalue weighted by molar-refractivity contribution is 5.79. The van der Waals surface area contributed by atoms with Crippen LogP contribution in [-0.2, 0) is 0 Å². The van der Waals surface area contributed by atoms with E-state index in [0.29, 0.717) is 18.9 Å². The van der Waals surface area contributed by atoms with Crippen molar-refractivity contribution in [3.63, 3.8) is 0 Å². The zero-order valence-corrected chi connectivity index (χ0v) is 20.0. The van der Waals surface area contributed by atoms with Crippen molar-refractivity contribution in [2.75, 3.05) is 32.5 Å². The summed E-state index contributed by atoms with van der Waals surface area (Å²) in [6.07, 6.45) is 12.0. The number of nitrogens with zero attached hydrogens (tertiary/aromatic N) is 1. The van der Waals surface area contributed by atoms with Gasteiger partial charge in [0.05, 0.1) is 7.11 Å². The van der Waals surface area contributed by atoms with Gasteiger partial charge in [-0.15, -0.1) is 0 Å². The number of hydrogen-bond donors (Lipinski definition) is 3. The Hall–Kier alpha value is -2.11. The molecule has 5 N–H and O–H groups in total. The molecule has 0 fully saturated rings. The van der Waals surface area contributed by atoms with E-state index in [9.17, 15) is 0 Å². The molecule has 0 bridgehead atoms. The highest BCUT2D eigenvalue weighted by atomic mass is 16.5. The van der Waals surface area contributed by atoms with E-state index >= 15 is 0 Å². The fraction of sp³-hybridized carbons (Fsp3) is 0.560. The molecule has 0 heterocycles. The number of ether oxygens (including phenoxy) is 1. The first-order valence-corrected chi connectivity index (χ1v) is 11.1. The number of aliphatic hydroxyl groups is 1. The largest absolute Gasteiger partial charge is 0.496 e. The molecule has 30 heavy (non-hydrogen) atoms. The minimum absolute atomic E-state index is 0.203. The summed E-state index contributed by atoms with van der Waals surface area (Å²) < 4.78 is 5.04. The highest BCUT2D eigenvalue weighted by Gasteiger charge is 2.04. The van der Waals surface area contributed by atoms with Gasteiger partial charge >= 0.3 is 0 Å². The van der Waals surface area contributed by atoms with Gasteiger partial charge in [-0.2, -0.15) is 0 Å². The molecule has 1 rings (SSSR count). The maximum atomic E-state index is 8.72. The van der Waals surface area contributed by atoms with Crippen molar-refractivity contribution in [3.05, 3.63) is 47.6 Å². The fourth-order valence-electron chi connectivity index (χ4n) is 2.54. The van der Waals surface area contributed by atoms with Crippen molar-refractivity contribution in [1.29, 1.82) is 0 Å². The number of nitrogen functional groups attached to an aromatic ring is 1. The Bertz CT molecular complexity index is 610. The van der Waals surface area contributed by atoms with Crippen LogP contribution in [0.4, 0.5) is 5.69 Å². The lowest BCUT2D eigenvalue weighted by Gasteiger charge is -2.10. The SMILES string of the molecule is CC.CCCC(C)/C(C=NCCCN)=C\C=C/CCO.COc1ccc(N)cc1C. The van der Waals surface area contributed by atoms with Crippen molar-refractivity contribution in [3.8, 4) is 5.75 Å². The minimum Gasteiger partial charge on any atom is -0.496 e. The second-order valence-corrected chi connectivity index (χ2v) is 6.70. The van der Waals surface area contributed by atoms with Gasteiger partial charge in [0.2, 0.25) is 0 Å². The maximum absolute atomic E-state index is 8.72. The lowest BCUT2D eigenvalue weighted by atomic mass is 9.96. The van der Waals surface area contributed by atoms with Crippen LogP contribution in [0, 0.1) is 12.8 Å². The predicted molar refractivity (Wildman–Crippen MR) is 134 cm³/mol. The summed E-state index contributed by atoms with van der Waals surface area (Å²) in [5.74, 6) is 1.41. The Morgan fingerprint density at radius 2 is 2.00 bits per heavy atom. The van der Waals surface area contributed by atoms with E-state index in [1.54, 1.807) is 7.11 Å². The summed E-state index contributed by atoms with van der Waals surface area (Å²) in [5.41, 5.74) is 14.1.